The zero-order chi connectivity index (χ0) is 24.8. The van der Waals surface area contributed by atoms with Crippen LogP contribution in [0.2, 0.25) is 0 Å². The highest BCUT2D eigenvalue weighted by molar-refractivity contribution is 14.1. The standard InChI is InChI=1S/C26H20FIN2O4S/c1-2-33-21-13-17(12-20(28)23(21)34-15-16-8-10-19(27)11-9-16)14-22-25(32)30-26(35-22)29-24(31)18-6-4-3-5-7-18/h3-14H,2,15H2,1H3,(H,29,30,31,32)/b22-14-. The second-order valence-electron chi connectivity index (χ2n) is 7.33. The van der Waals surface area contributed by atoms with Crippen LogP contribution >= 0.6 is 34.4 Å². The Morgan fingerprint density at radius 1 is 1.11 bits per heavy atom. The highest BCUT2D eigenvalue weighted by Crippen LogP contribution is 2.36. The molecule has 9 heteroatoms. The molecule has 0 atom stereocenters. The van der Waals surface area contributed by atoms with E-state index in [-0.39, 0.29) is 23.5 Å². The van der Waals surface area contributed by atoms with Crippen molar-refractivity contribution in [3.8, 4) is 11.5 Å². The number of hydrogen-bond acceptors (Lipinski definition) is 5. The highest BCUT2D eigenvalue weighted by atomic mass is 127. The Kier molecular flexibility index (Phi) is 8.19. The maximum atomic E-state index is 13.2. The first-order chi connectivity index (χ1) is 16.9. The molecule has 1 aliphatic heterocycles. The van der Waals surface area contributed by atoms with Crippen LogP contribution in [0.5, 0.6) is 11.5 Å². The first-order valence-electron chi connectivity index (χ1n) is 10.7. The number of amides is 2. The number of benzene rings is 3. The molecule has 35 heavy (non-hydrogen) atoms. The summed E-state index contributed by atoms with van der Waals surface area (Å²) in [6.45, 7) is 2.55. The van der Waals surface area contributed by atoms with Crippen molar-refractivity contribution in [2.45, 2.75) is 13.5 Å². The number of halogens is 2. The van der Waals surface area contributed by atoms with Gasteiger partial charge >= 0.3 is 0 Å². The van der Waals surface area contributed by atoms with Gasteiger partial charge in [-0.1, -0.05) is 30.3 Å². The summed E-state index contributed by atoms with van der Waals surface area (Å²) in [5.41, 5.74) is 2.01. The summed E-state index contributed by atoms with van der Waals surface area (Å²) < 4.78 is 25.7. The third kappa shape index (κ3) is 6.49. The van der Waals surface area contributed by atoms with E-state index < -0.39 is 5.91 Å². The molecule has 3 aromatic rings. The molecule has 1 saturated heterocycles. The fraction of sp³-hybridized carbons (Fsp3) is 0.115. The predicted octanol–water partition coefficient (Wildman–Crippen LogP) is 5.81. The summed E-state index contributed by atoms with van der Waals surface area (Å²) in [6, 6.07) is 18.4. The minimum Gasteiger partial charge on any atom is -0.490 e. The summed E-state index contributed by atoms with van der Waals surface area (Å²) in [6.07, 6.45) is 1.71. The van der Waals surface area contributed by atoms with E-state index in [4.69, 9.17) is 9.47 Å². The number of carbonyl (C=O) groups is 2. The average molecular weight is 602 g/mol. The maximum absolute atomic E-state index is 13.2. The number of nitrogens with one attached hydrogen (secondary N) is 1. The fourth-order valence-electron chi connectivity index (χ4n) is 3.18. The van der Waals surface area contributed by atoms with Crippen molar-refractivity contribution in [1.29, 1.82) is 0 Å². The Morgan fingerprint density at radius 2 is 1.86 bits per heavy atom. The molecule has 0 aliphatic carbocycles. The van der Waals surface area contributed by atoms with Crippen LogP contribution in [0.3, 0.4) is 0 Å². The smallest absolute Gasteiger partial charge is 0.279 e. The van der Waals surface area contributed by atoms with Crippen molar-refractivity contribution in [3.63, 3.8) is 0 Å². The van der Waals surface area contributed by atoms with Gasteiger partial charge in [0.2, 0.25) is 0 Å². The third-order valence-electron chi connectivity index (χ3n) is 4.80. The molecular weight excluding hydrogens is 582 g/mol. The first-order valence-corrected chi connectivity index (χ1v) is 12.5. The Balaban J connectivity index is 1.53. The number of amidine groups is 1. The van der Waals surface area contributed by atoms with E-state index in [0.29, 0.717) is 28.6 Å². The zero-order valence-electron chi connectivity index (χ0n) is 18.6. The van der Waals surface area contributed by atoms with Crippen molar-refractivity contribution in [2.24, 2.45) is 4.99 Å². The maximum Gasteiger partial charge on any atom is 0.279 e. The largest absolute Gasteiger partial charge is 0.490 e. The van der Waals surface area contributed by atoms with Crippen molar-refractivity contribution in [3.05, 3.63) is 97.7 Å². The molecule has 0 saturated carbocycles. The van der Waals surface area contributed by atoms with E-state index in [1.54, 1.807) is 48.5 Å². The van der Waals surface area contributed by atoms with Gasteiger partial charge in [-0.05, 0) is 94.9 Å². The Labute approximate surface area is 219 Å². The molecule has 1 N–H and O–H groups in total. The van der Waals surface area contributed by atoms with E-state index >= 15 is 0 Å². The molecule has 0 unspecified atom stereocenters. The van der Waals surface area contributed by atoms with Gasteiger partial charge in [-0.25, -0.2) is 4.39 Å². The van der Waals surface area contributed by atoms with Gasteiger partial charge in [0.25, 0.3) is 11.8 Å². The topological polar surface area (TPSA) is 77.0 Å². The number of rotatable bonds is 7. The summed E-state index contributed by atoms with van der Waals surface area (Å²) in [4.78, 5) is 29.2. The molecule has 0 radical (unpaired) electrons. The minimum absolute atomic E-state index is 0.231. The van der Waals surface area contributed by atoms with E-state index in [1.165, 1.54) is 12.1 Å². The van der Waals surface area contributed by atoms with E-state index in [1.807, 2.05) is 19.1 Å². The molecule has 4 rings (SSSR count). The lowest BCUT2D eigenvalue weighted by atomic mass is 10.1. The van der Waals surface area contributed by atoms with E-state index in [2.05, 4.69) is 32.9 Å². The van der Waals surface area contributed by atoms with Crippen LogP contribution in [0.25, 0.3) is 6.08 Å². The number of ether oxygens (including phenoxy) is 2. The Morgan fingerprint density at radius 3 is 2.57 bits per heavy atom. The van der Waals surface area contributed by atoms with Crippen LogP contribution in [0.4, 0.5) is 4.39 Å². The average Bonchev–Trinajstić information content (AvgIpc) is 3.18. The lowest BCUT2D eigenvalue weighted by molar-refractivity contribution is -0.115. The summed E-state index contributed by atoms with van der Waals surface area (Å²) >= 11 is 3.25. The molecule has 6 nitrogen and oxygen atoms in total. The van der Waals surface area contributed by atoms with Crippen molar-refractivity contribution in [2.75, 3.05) is 6.61 Å². The monoisotopic (exact) mass is 602 g/mol. The first kappa shape index (κ1) is 24.9. The van der Waals surface area contributed by atoms with Gasteiger partial charge < -0.3 is 14.8 Å². The Hall–Kier alpha value is -3.18. The van der Waals surface area contributed by atoms with Crippen molar-refractivity contribution in [1.82, 2.24) is 5.32 Å². The molecule has 3 aromatic carbocycles. The van der Waals surface area contributed by atoms with Crippen LogP contribution in [-0.2, 0) is 11.4 Å². The van der Waals surface area contributed by atoms with Crippen LogP contribution in [0, 0.1) is 9.39 Å². The summed E-state index contributed by atoms with van der Waals surface area (Å²) in [5.74, 6) is 0.0370. The van der Waals surface area contributed by atoms with Gasteiger partial charge in [0.15, 0.2) is 16.7 Å². The fourth-order valence-corrected chi connectivity index (χ4v) is 4.78. The second kappa shape index (κ2) is 11.5. The van der Waals surface area contributed by atoms with Crippen molar-refractivity contribution < 1.29 is 23.5 Å². The molecule has 1 heterocycles. The van der Waals surface area contributed by atoms with Crippen LogP contribution in [0.15, 0.2) is 76.6 Å². The van der Waals surface area contributed by atoms with Crippen LogP contribution < -0.4 is 14.8 Å². The molecule has 1 aliphatic rings. The Bertz CT molecular complexity index is 1310. The lowest BCUT2D eigenvalue weighted by Gasteiger charge is -2.15. The van der Waals surface area contributed by atoms with Gasteiger partial charge in [0.1, 0.15) is 12.4 Å². The number of nitrogens with zero attached hydrogens (tertiary/aromatic N) is 1. The molecular formula is C26H20FIN2O4S. The zero-order valence-corrected chi connectivity index (χ0v) is 21.6. The molecule has 178 valence electrons. The normalized spacial score (nSPS) is 15.3. The van der Waals surface area contributed by atoms with Gasteiger partial charge in [-0.3, -0.25) is 9.59 Å². The van der Waals surface area contributed by atoms with Gasteiger partial charge in [-0.15, -0.1) is 0 Å². The molecule has 0 spiro atoms. The molecule has 0 aromatic heterocycles. The van der Waals surface area contributed by atoms with E-state index in [9.17, 15) is 14.0 Å². The van der Waals surface area contributed by atoms with Crippen molar-refractivity contribution >= 4 is 57.4 Å². The van der Waals surface area contributed by atoms with Crippen LogP contribution in [0.1, 0.15) is 28.4 Å². The van der Waals surface area contributed by atoms with Gasteiger partial charge in [-0.2, -0.15) is 4.99 Å². The SMILES string of the molecule is CCOc1cc(/C=C2\SC(=NC(=O)c3ccccc3)NC2=O)cc(I)c1OCc1ccc(F)cc1. The van der Waals surface area contributed by atoms with Gasteiger partial charge in [0, 0.05) is 5.56 Å². The number of aliphatic imine (C=N–C) groups is 1. The molecule has 1 fully saturated rings. The number of hydrogen-bond donors (Lipinski definition) is 1. The lowest BCUT2D eigenvalue weighted by Crippen LogP contribution is -2.20. The third-order valence-corrected chi connectivity index (χ3v) is 6.51. The second-order valence-corrected chi connectivity index (χ2v) is 9.52. The number of carbonyl (C=O) groups excluding carboxylic acids is 2. The number of thioether (sulfide) groups is 1. The molecule has 0 bridgehead atoms. The van der Waals surface area contributed by atoms with Gasteiger partial charge in [0.05, 0.1) is 15.1 Å². The quantitative estimate of drug-likeness (QED) is 0.273. The van der Waals surface area contributed by atoms with Crippen LogP contribution in [-0.4, -0.2) is 23.6 Å². The summed E-state index contributed by atoms with van der Waals surface area (Å²) in [5, 5.41) is 2.86. The van der Waals surface area contributed by atoms with E-state index in [0.717, 1.165) is 26.5 Å². The predicted molar refractivity (Wildman–Crippen MR) is 143 cm³/mol. The summed E-state index contributed by atoms with van der Waals surface area (Å²) in [7, 11) is 0. The minimum atomic E-state index is -0.425. The molecule has 2 amide bonds. The highest BCUT2D eigenvalue weighted by Gasteiger charge is 2.25.